The second-order valence-electron chi connectivity index (χ2n) is 6.59. The summed E-state index contributed by atoms with van der Waals surface area (Å²) in [5, 5.41) is 11.2. The van der Waals surface area contributed by atoms with Crippen LogP contribution in [0.1, 0.15) is 29.1 Å². The zero-order valence-electron chi connectivity index (χ0n) is 14.7. The van der Waals surface area contributed by atoms with Gasteiger partial charge in [0.2, 0.25) is 5.89 Å². The summed E-state index contributed by atoms with van der Waals surface area (Å²) in [6.07, 6.45) is 1.87. The third kappa shape index (κ3) is 3.22. The quantitative estimate of drug-likeness (QED) is 0.777. The molecular formula is C17H22N6O2. The van der Waals surface area contributed by atoms with E-state index in [1.807, 2.05) is 32.2 Å². The fourth-order valence-corrected chi connectivity index (χ4v) is 3.24. The number of piperazine rings is 1. The van der Waals surface area contributed by atoms with Crippen molar-refractivity contribution in [2.75, 3.05) is 26.7 Å². The Balaban J connectivity index is 1.51. The zero-order chi connectivity index (χ0) is 17.4. The fourth-order valence-electron chi connectivity index (χ4n) is 3.24. The largest absolute Gasteiger partial charge is 0.460 e. The molecule has 4 rings (SSSR count). The number of likely N-dealkylation sites (N-methyl/N-ethyl adjacent to an activating group) is 1. The third-order valence-corrected chi connectivity index (χ3v) is 4.66. The van der Waals surface area contributed by atoms with Crippen LogP contribution in [0.3, 0.4) is 0 Å². The minimum Gasteiger partial charge on any atom is -0.460 e. The van der Waals surface area contributed by atoms with Crippen LogP contribution in [0.2, 0.25) is 0 Å². The normalized spacial score (nSPS) is 19.6. The van der Waals surface area contributed by atoms with Crippen LogP contribution >= 0.6 is 0 Å². The van der Waals surface area contributed by atoms with Gasteiger partial charge in [-0.3, -0.25) is 14.9 Å². The summed E-state index contributed by atoms with van der Waals surface area (Å²) in [6, 6.07) is 4.04. The number of H-pyrrole nitrogens is 1. The highest BCUT2D eigenvalue weighted by molar-refractivity contribution is 5.56. The number of nitrogens with zero attached hydrogens (tertiary/aromatic N) is 5. The molecule has 8 heteroatoms. The molecule has 1 aliphatic heterocycles. The highest BCUT2D eigenvalue weighted by Crippen LogP contribution is 2.27. The molecule has 1 fully saturated rings. The molecule has 0 aliphatic carbocycles. The van der Waals surface area contributed by atoms with Crippen LogP contribution in [0.5, 0.6) is 0 Å². The Bertz CT molecular complexity index is 851. The summed E-state index contributed by atoms with van der Waals surface area (Å²) < 4.78 is 11.1. The number of aromatic amines is 1. The molecule has 0 spiro atoms. The van der Waals surface area contributed by atoms with Crippen LogP contribution in [-0.4, -0.2) is 56.8 Å². The van der Waals surface area contributed by atoms with E-state index in [9.17, 15) is 0 Å². The molecule has 1 atom stereocenters. The highest BCUT2D eigenvalue weighted by Gasteiger charge is 2.30. The van der Waals surface area contributed by atoms with Crippen molar-refractivity contribution < 1.29 is 8.94 Å². The van der Waals surface area contributed by atoms with Gasteiger partial charge in [-0.15, -0.1) is 0 Å². The third-order valence-electron chi connectivity index (χ3n) is 4.66. The first kappa shape index (κ1) is 16.0. The highest BCUT2D eigenvalue weighted by atomic mass is 16.5. The molecule has 1 N–H and O–H groups in total. The fraction of sp³-hybridized carbons (Fsp3) is 0.471. The first-order chi connectivity index (χ1) is 12.1. The lowest BCUT2D eigenvalue weighted by atomic mass is 10.1. The molecule has 0 unspecified atom stereocenters. The van der Waals surface area contributed by atoms with E-state index in [2.05, 4.69) is 37.2 Å². The zero-order valence-corrected chi connectivity index (χ0v) is 14.7. The maximum absolute atomic E-state index is 5.74. The lowest BCUT2D eigenvalue weighted by Gasteiger charge is -2.37. The second kappa shape index (κ2) is 6.45. The van der Waals surface area contributed by atoms with Crippen molar-refractivity contribution in [3.05, 3.63) is 41.4 Å². The molecule has 0 aromatic carbocycles. The van der Waals surface area contributed by atoms with E-state index >= 15 is 0 Å². The summed E-state index contributed by atoms with van der Waals surface area (Å²) in [5.74, 6) is 3.06. The van der Waals surface area contributed by atoms with Crippen LogP contribution < -0.4 is 0 Å². The number of furan rings is 1. The van der Waals surface area contributed by atoms with Crippen molar-refractivity contribution >= 4 is 0 Å². The van der Waals surface area contributed by atoms with E-state index < -0.39 is 0 Å². The average Bonchev–Trinajstić information content (AvgIpc) is 3.31. The molecule has 1 saturated heterocycles. The van der Waals surface area contributed by atoms with Crippen molar-refractivity contribution in [3.63, 3.8) is 0 Å². The Morgan fingerprint density at radius 3 is 2.88 bits per heavy atom. The maximum Gasteiger partial charge on any atom is 0.245 e. The van der Waals surface area contributed by atoms with E-state index in [1.54, 1.807) is 0 Å². The number of nitrogens with one attached hydrogen (secondary N) is 1. The minimum absolute atomic E-state index is 0.108. The van der Waals surface area contributed by atoms with Gasteiger partial charge in [-0.1, -0.05) is 5.16 Å². The molecule has 0 saturated carbocycles. The van der Waals surface area contributed by atoms with E-state index in [4.69, 9.17) is 8.94 Å². The van der Waals surface area contributed by atoms with Crippen molar-refractivity contribution in [1.82, 2.24) is 30.1 Å². The Morgan fingerprint density at radius 2 is 2.16 bits per heavy atom. The van der Waals surface area contributed by atoms with Gasteiger partial charge in [0.05, 0.1) is 6.20 Å². The van der Waals surface area contributed by atoms with Gasteiger partial charge in [-0.2, -0.15) is 10.1 Å². The molecule has 3 aromatic rings. The predicted molar refractivity (Wildman–Crippen MR) is 90.7 cm³/mol. The van der Waals surface area contributed by atoms with Gasteiger partial charge < -0.3 is 8.94 Å². The Morgan fingerprint density at radius 1 is 1.28 bits per heavy atom. The van der Waals surface area contributed by atoms with Gasteiger partial charge in [-0.25, -0.2) is 0 Å². The van der Waals surface area contributed by atoms with Gasteiger partial charge >= 0.3 is 0 Å². The Kier molecular flexibility index (Phi) is 4.14. The summed E-state index contributed by atoms with van der Waals surface area (Å²) in [7, 11) is 2.09. The number of aryl methyl sites for hydroxylation is 2. The number of aromatic nitrogens is 4. The molecule has 0 radical (unpaired) electrons. The maximum atomic E-state index is 5.74. The monoisotopic (exact) mass is 342 g/mol. The minimum atomic E-state index is 0.108. The van der Waals surface area contributed by atoms with Gasteiger partial charge in [-0.05, 0) is 33.0 Å². The molecule has 0 amide bonds. The topological polar surface area (TPSA) is 87.2 Å². The molecule has 0 bridgehead atoms. The SMILES string of the molecule is Cc1noc([C@H]2CN(Cc3cn[nH]c3-c3ccc(C)o3)CCN2C)n1. The van der Waals surface area contributed by atoms with Crippen molar-refractivity contribution in [2.24, 2.45) is 0 Å². The predicted octanol–water partition coefficient (Wildman–Crippen LogP) is 2.16. The number of hydrogen-bond donors (Lipinski definition) is 1. The van der Waals surface area contributed by atoms with Crippen LogP contribution in [0.4, 0.5) is 0 Å². The second-order valence-corrected chi connectivity index (χ2v) is 6.59. The first-order valence-electron chi connectivity index (χ1n) is 8.42. The molecule has 25 heavy (non-hydrogen) atoms. The van der Waals surface area contributed by atoms with E-state index in [1.165, 1.54) is 0 Å². The van der Waals surface area contributed by atoms with E-state index in [-0.39, 0.29) is 6.04 Å². The summed E-state index contributed by atoms with van der Waals surface area (Å²) >= 11 is 0. The van der Waals surface area contributed by atoms with Crippen LogP contribution in [0, 0.1) is 13.8 Å². The standard InChI is InChI=1S/C17H22N6O2/c1-11-4-5-15(24-11)16-13(8-18-20-16)9-23-7-6-22(3)14(10-23)17-19-12(2)21-25-17/h4-5,8,14H,6-7,9-10H2,1-3H3,(H,18,20)/t14-/m1/s1. The molecule has 3 aromatic heterocycles. The summed E-state index contributed by atoms with van der Waals surface area (Å²) in [5.41, 5.74) is 2.07. The van der Waals surface area contributed by atoms with Gasteiger partial charge in [0, 0.05) is 31.7 Å². The molecule has 1 aliphatic rings. The van der Waals surface area contributed by atoms with Crippen LogP contribution in [0.15, 0.2) is 27.3 Å². The van der Waals surface area contributed by atoms with Gasteiger partial charge in [0.1, 0.15) is 17.5 Å². The van der Waals surface area contributed by atoms with Crippen molar-refractivity contribution in [2.45, 2.75) is 26.4 Å². The van der Waals surface area contributed by atoms with Gasteiger partial charge in [0.25, 0.3) is 0 Å². The first-order valence-corrected chi connectivity index (χ1v) is 8.42. The number of rotatable bonds is 4. The Hall–Kier alpha value is -2.45. The van der Waals surface area contributed by atoms with E-state index in [0.717, 1.165) is 49.0 Å². The number of hydrogen-bond acceptors (Lipinski definition) is 7. The average molecular weight is 342 g/mol. The molecular weight excluding hydrogens is 320 g/mol. The lowest BCUT2D eigenvalue weighted by molar-refractivity contribution is 0.0715. The molecule has 4 heterocycles. The van der Waals surface area contributed by atoms with Gasteiger partial charge in [0.15, 0.2) is 11.6 Å². The molecule has 132 valence electrons. The van der Waals surface area contributed by atoms with Crippen molar-refractivity contribution in [3.8, 4) is 11.5 Å². The smallest absolute Gasteiger partial charge is 0.245 e. The van der Waals surface area contributed by atoms with Crippen LogP contribution in [0.25, 0.3) is 11.5 Å². The lowest BCUT2D eigenvalue weighted by Crippen LogP contribution is -2.46. The van der Waals surface area contributed by atoms with Crippen LogP contribution in [-0.2, 0) is 6.54 Å². The van der Waals surface area contributed by atoms with Crippen molar-refractivity contribution in [1.29, 1.82) is 0 Å². The van der Waals surface area contributed by atoms with E-state index in [0.29, 0.717) is 11.7 Å². The summed E-state index contributed by atoms with van der Waals surface area (Å²) in [4.78, 5) is 9.05. The molecule has 8 nitrogen and oxygen atoms in total. The Labute approximate surface area is 145 Å². The summed E-state index contributed by atoms with van der Waals surface area (Å²) in [6.45, 7) is 7.33.